The summed E-state index contributed by atoms with van der Waals surface area (Å²) in [7, 11) is -2.32. The number of aromatic nitrogens is 4. The zero-order valence-corrected chi connectivity index (χ0v) is 25.3. The van der Waals surface area contributed by atoms with Gasteiger partial charge in [0.2, 0.25) is 10.0 Å². The Kier molecular flexibility index (Phi) is 8.32. The normalized spacial score (nSPS) is 19.3. The number of fused-ring (bicyclic) bond motifs is 1. The first-order valence-corrected chi connectivity index (χ1v) is 16.3. The van der Waals surface area contributed by atoms with Crippen molar-refractivity contribution in [2.24, 2.45) is 5.41 Å². The van der Waals surface area contributed by atoms with Crippen LogP contribution in [-0.4, -0.2) is 92.0 Å². The molecule has 1 saturated carbocycles. The maximum atomic E-state index is 13.8. The lowest BCUT2D eigenvalue weighted by molar-refractivity contribution is -0.0242. The van der Waals surface area contributed by atoms with Crippen LogP contribution in [0.3, 0.4) is 0 Å². The Morgan fingerprint density at radius 2 is 1.66 bits per heavy atom. The van der Waals surface area contributed by atoms with Gasteiger partial charge in [0.15, 0.2) is 17.3 Å². The minimum absolute atomic E-state index is 0.0176. The summed E-state index contributed by atoms with van der Waals surface area (Å²) in [6.07, 6.45) is 8.66. The molecule has 6 rings (SSSR count). The smallest absolute Gasteiger partial charge is 0.260 e. The first kappa shape index (κ1) is 30.4. The first-order chi connectivity index (χ1) is 21.1. The minimum atomic E-state index is -3.77. The lowest BCUT2D eigenvalue weighted by Crippen LogP contribution is -2.40. The zero-order chi connectivity index (χ0) is 31.0. The number of amides is 1. The van der Waals surface area contributed by atoms with Gasteiger partial charge < -0.3 is 29.0 Å². The fourth-order valence-corrected chi connectivity index (χ4v) is 6.60. The highest BCUT2D eigenvalue weighted by Gasteiger charge is 2.45. The second-order valence-corrected chi connectivity index (χ2v) is 13.5. The van der Waals surface area contributed by atoms with Gasteiger partial charge in [0.25, 0.3) is 11.8 Å². The number of hydrogen-bond donors (Lipinski definition) is 2. The molecule has 0 radical (unpaired) electrons. The van der Waals surface area contributed by atoms with Crippen molar-refractivity contribution in [2.45, 2.75) is 44.4 Å². The van der Waals surface area contributed by atoms with Crippen molar-refractivity contribution in [1.29, 1.82) is 0 Å². The van der Waals surface area contributed by atoms with Crippen LogP contribution >= 0.6 is 0 Å². The van der Waals surface area contributed by atoms with Crippen molar-refractivity contribution in [2.75, 3.05) is 72.3 Å². The number of rotatable bonds is 11. The molecular formula is C28H36F2N8O5S. The van der Waals surface area contributed by atoms with E-state index in [9.17, 15) is 22.0 Å². The number of carbonyl (C=O) groups excluding carboxylic acids is 1. The van der Waals surface area contributed by atoms with Crippen molar-refractivity contribution in [3.05, 3.63) is 36.3 Å². The van der Waals surface area contributed by atoms with Gasteiger partial charge in [-0.2, -0.15) is 0 Å². The van der Waals surface area contributed by atoms with E-state index in [1.807, 2.05) is 4.90 Å². The van der Waals surface area contributed by atoms with Crippen LogP contribution in [0.4, 0.5) is 32.1 Å². The van der Waals surface area contributed by atoms with Crippen molar-refractivity contribution in [3.8, 4) is 0 Å². The van der Waals surface area contributed by atoms with Gasteiger partial charge in [0.1, 0.15) is 18.4 Å². The number of anilines is 4. The lowest BCUT2D eigenvalue weighted by Gasteiger charge is -2.34. The van der Waals surface area contributed by atoms with Crippen LogP contribution in [0.1, 0.15) is 48.9 Å². The number of halogens is 2. The number of piperidine rings is 2. The number of sulfonamides is 1. The molecule has 5 heterocycles. The highest BCUT2D eigenvalue weighted by atomic mass is 32.2. The molecular weight excluding hydrogens is 598 g/mol. The maximum Gasteiger partial charge on any atom is 0.260 e. The first-order valence-electron chi connectivity index (χ1n) is 14.7. The van der Waals surface area contributed by atoms with Gasteiger partial charge in [-0.15, -0.1) is 0 Å². The van der Waals surface area contributed by atoms with E-state index in [1.165, 1.54) is 26.0 Å². The second kappa shape index (κ2) is 12.0. The number of alkyl halides is 2. The van der Waals surface area contributed by atoms with E-state index in [4.69, 9.17) is 9.47 Å². The molecule has 0 aromatic carbocycles. The number of methoxy groups -OCH3 is 1. The Hall–Kier alpha value is -3.63. The summed E-state index contributed by atoms with van der Waals surface area (Å²) in [4.78, 5) is 31.1. The fourth-order valence-electron chi connectivity index (χ4n) is 5.73. The highest BCUT2D eigenvalue weighted by Crippen LogP contribution is 2.54. The van der Waals surface area contributed by atoms with Gasteiger partial charge in [0, 0.05) is 58.5 Å². The average molecular weight is 635 g/mol. The van der Waals surface area contributed by atoms with Crippen molar-refractivity contribution >= 4 is 44.8 Å². The van der Waals surface area contributed by atoms with Gasteiger partial charge in [-0.3, -0.25) is 9.52 Å². The molecule has 3 aliphatic rings. The van der Waals surface area contributed by atoms with Crippen LogP contribution in [0, 0.1) is 5.41 Å². The molecule has 0 bridgehead atoms. The van der Waals surface area contributed by atoms with Gasteiger partial charge in [-0.05, 0) is 43.2 Å². The van der Waals surface area contributed by atoms with Crippen LogP contribution in [0.2, 0.25) is 0 Å². The molecule has 2 N–H and O–H groups in total. The summed E-state index contributed by atoms with van der Waals surface area (Å²) < 4.78 is 67.1. The summed E-state index contributed by atoms with van der Waals surface area (Å²) in [6.45, 7) is 1.53. The summed E-state index contributed by atoms with van der Waals surface area (Å²) in [5.74, 6) is -2.40. The summed E-state index contributed by atoms with van der Waals surface area (Å²) in [5, 5.41) is 2.84. The Morgan fingerprint density at radius 3 is 2.36 bits per heavy atom. The number of hydrogen-bond acceptors (Lipinski definition) is 10. The highest BCUT2D eigenvalue weighted by molar-refractivity contribution is 7.92. The molecule has 3 aromatic heterocycles. The molecule has 1 spiro atoms. The Balaban J connectivity index is 1.25. The van der Waals surface area contributed by atoms with E-state index in [0.717, 1.165) is 12.8 Å². The number of ether oxygens (including phenoxy) is 2. The second-order valence-electron chi connectivity index (χ2n) is 11.7. The number of imidazole rings is 1. The number of nitrogens with one attached hydrogen (secondary N) is 2. The summed E-state index contributed by atoms with van der Waals surface area (Å²) >= 11 is 0. The van der Waals surface area contributed by atoms with Crippen molar-refractivity contribution < 1.29 is 31.5 Å². The average Bonchev–Trinajstić information content (AvgIpc) is 3.56. The summed E-state index contributed by atoms with van der Waals surface area (Å²) in [5.41, 5.74) is 1.14. The van der Waals surface area contributed by atoms with E-state index in [0.29, 0.717) is 35.8 Å². The van der Waals surface area contributed by atoms with Gasteiger partial charge >= 0.3 is 0 Å². The van der Waals surface area contributed by atoms with Crippen LogP contribution in [-0.2, 0) is 19.5 Å². The number of pyridine rings is 1. The Bertz CT molecular complexity index is 1610. The van der Waals surface area contributed by atoms with Gasteiger partial charge in [0.05, 0.1) is 24.1 Å². The van der Waals surface area contributed by atoms with E-state index in [1.54, 1.807) is 34.0 Å². The predicted molar refractivity (Wildman–Crippen MR) is 160 cm³/mol. The predicted octanol–water partition coefficient (Wildman–Crippen LogP) is 3.35. The maximum absolute atomic E-state index is 13.8. The molecule has 238 valence electrons. The Morgan fingerprint density at radius 1 is 0.977 bits per heavy atom. The van der Waals surface area contributed by atoms with Crippen LogP contribution < -0.4 is 19.8 Å². The molecule has 16 heteroatoms. The summed E-state index contributed by atoms with van der Waals surface area (Å²) in [6, 6.07) is 2.99. The van der Waals surface area contributed by atoms with E-state index >= 15 is 0 Å². The third-order valence-corrected chi connectivity index (χ3v) is 9.77. The van der Waals surface area contributed by atoms with Crippen molar-refractivity contribution in [3.63, 3.8) is 0 Å². The van der Waals surface area contributed by atoms with Crippen molar-refractivity contribution in [1.82, 2.24) is 19.4 Å². The third-order valence-electron chi connectivity index (χ3n) is 8.55. The largest absolute Gasteiger partial charge is 0.359 e. The fraction of sp³-hybridized carbons (Fsp3) is 0.571. The van der Waals surface area contributed by atoms with E-state index < -0.39 is 21.9 Å². The molecule has 3 aromatic rings. The zero-order valence-electron chi connectivity index (χ0n) is 24.5. The standard InChI is InChI=1S/C28H36F2N8O5S/c1-42-19-43-16-17-44(40,41)35-21-3-2-20(23(32-21)36-11-6-27(4-5-27)7-12-36)26(39)34-22-18-38-15-10-31-24(38)25(33-22)37-13-8-28(29,30)9-14-37/h2-3,10,15,18H,4-9,11-14,16-17,19H2,1H3,(H,32,35)(H,34,39). The van der Waals surface area contributed by atoms with E-state index in [-0.39, 0.29) is 62.3 Å². The molecule has 44 heavy (non-hydrogen) atoms. The van der Waals surface area contributed by atoms with Gasteiger partial charge in [-0.1, -0.05) is 0 Å². The topological polar surface area (TPSA) is 143 Å². The van der Waals surface area contributed by atoms with Gasteiger partial charge in [-0.25, -0.2) is 32.2 Å². The number of carbonyl (C=O) groups is 1. The Labute approximate surface area is 254 Å². The monoisotopic (exact) mass is 634 g/mol. The molecule has 2 aliphatic heterocycles. The molecule has 3 fully saturated rings. The van der Waals surface area contributed by atoms with E-state index in [2.05, 4.69) is 25.0 Å². The SMILES string of the molecule is COCOCCS(=O)(=O)Nc1ccc(C(=O)Nc2cn3ccnc3c(N3CCC(F)(F)CC3)n2)c(N2CCC3(CC2)CC3)n1. The lowest BCUT2D eigenvalue weighted by atomic mass is 9.93. The minimum Gasteiger partial charge on any atom is -0.359 e. The quantitative estimate of drug-likeness (QED) is 0.238. The molecule has 1 aliphatic carbocycles. The third kappa shape index (κ3) is 6.86. The van der Waals surface area contributed by atoms with Crippen LogP contribution in [0.15, 0.2) is 30.7 Å². The molecule has 13 nitrogen and oxygen atoms in total. The number of nitrogens with zero attached hydrogens (tertiary/aromatic N) is 6. The molecule has 0 unspecified atom stereocenters. The van der Waals surface area contributed by atoms with Crippen LogP contribution in [0.25, 0.3) is 5.65 Å². The van der Waals surface area contributed by atoms with Crippen LogP contribution in [0.5, 0.6) is 0 Å². The molecule has 1 amide bonds. The molecule has 0 atom stereocenters. The molecule has 2 saturated heterocycles.